The standard InChI is InChI=1S/C26H19IN2O7S/c1-2-35-22-13-16(11-12-21(22)36-25(31)18-8-4-5-9-19(18)27)14-23-24(30)28(26(32)37-23)15-17-7-3-6-10-20(17)29(33)34/h3-14H,2,15H2,1H3/b23-14-. The summed E-state index contributed by atoms with van der Waals surface area (Å²) >= 11 is 2.80. The molecule has 3 aromatic carbocycles. The number of hydrogen-bond acceptors (Lipinski definition) is 8. The molecule has 0 aromatic heterocycles. The van der Waals surface area contributed by atoms with Gasteiger partial charge in [-0.1, -0.05) is 36.4 Å². The van der Waals surface area contributed by atoms with Gasteiger partial charge in [0.25, 0.3) is 16.8 Å². The second-order valence-corrected chi connectivity index (χ2v) is 9.82. The van der Waals surface area contributed by atoms with Gasteiger partial charge in [0, 0.05) is 15.2 Å². The molecule has 2 amide bonds. The number of carbonyl (C=O) groups excluding carboxylic acids is 3. The van der Waals surface area contributed by atoms with Crippen molar-refractivity contribution in [2.75, 3.05) is 6.61 Å². The SMILES string of the molecule is CCOc1cc(/C=C2\SC(=O)N(Cc3ccccc3[N+](=O)[O-])C2=O)ccc1OC(=O)c1ccccc1I. The predicted octanol–water partition coefficient (Wildman–Crippen LogP) is 6.05. The first-order valence-electron chi connectivity index (χ1n) is 11.0. The van der Waals surface area contributed by atoms with Crippen LogP contribution in [0.3, 0.4) is 0 Å². The molecular weight excluding hydrogens is 611 g/mol. The minimum Gasteiger partial charge on any atom is -0.490 e. The summed E-state index contributed by atoms with van der Waals surface area (Å²) in [5.74, 6) is -0.571. The molecule has 37 heavy (non-hydrogen) atoms. The third-order valence-electron chi connectivity index (χ3n) is 5.25. The molecule has 1 heterocycles. The maximum absolute atomic E-state index is 13.0. The van der Waals surface area contributed by atoms with Crippen LogP contribution in [0, 0.1) is 13.7 Å². The molecule has 0 radical (unpaired) electrons. The molecule has 0 N–H and O–H groups in total. The average molecular weight is 630 g/mol. The highest BCUT2D eigenvalue weighted by atomic mass is 127. The zero-order valence-corrected chi connectivity index (χ0v) is 22.4. The third-order valence-corrected chi connectivity index (χ3v) is 7.10. The Morgan fingerprint density at radius 3 is 2.54 bits per heavy atom. The van der Waals surface area contributed by atoms with Crippen LogP contribution in [0.2, 0.25) is 0 Å². The van der Waals surface area contributed by atoms with Gasteiger partial charge in [-0.05, 0) is 77.2 Å². The van der Waals surface area contributed by atoms with Gasteiger partial charge < -0.3 is 9.47 Å². The fourth-order valence-electron chi connectivity index (χ4n) is 3.53. The Morgan fingerprint density at radius 2 is 1.81 bits per heavy atom. The zero-order valence-electron chi connectivity index (χ0n) is 19.4. The van der Waals surface area contributed by atoms with Gasteiger partial charge in [-0.15, -0.1) is 0 Å². The molecule has 11 heteroatoms. The first-order chi connectivity index (χ1) is 17.8. The van der Waals surface area contributed by atoms with Crippen molar-refractivity contribution in [2.45, 2.75) is 13.5 Å². The number of nitro benzene ring substituents is 1. The van der Waals surface area contributed by atoms with E-state index in [4.69, 9.17) is 9.47 Å². The van der Waals surface area contributed by atoms with E-state index in [1.807, 2.05) is 6.07 Å². The minimum absolute atomic E-state index is 0.162. The number of amides is 2. The van der Waals surface area contributed by atoms with Gasteiger partial charge in [-0.25, -0.2) is 4.79 Å². The lowest BCUT2D eigenvalue weighted by molar-refractivity contribution is -0.385. The fraction of sp³-hybridized carbons (Fsp3) is 0.115. The topological polar surface area (TPSA) is 116 Å². The Morgan fingerprint density at radius 1 is 1.08 bits per heavy atom. The monoisotopic (exact) mass is 630 g/mol. The molecule has 1 aliphatic rings. The Bertz CT molecular complexity index is 1440. The summed E-state index contributed by atoms with van der Waals surface area (Å²) in [6.45, 7) is 1.88. The van der Waals surface area contributed by atoms with Crippen molar-refractivity contribution < 1.29 is 28.8 Å². The summed E-state index contributed by atoms with van der Waals surface area (Å²) in [7, 11) is 0. The number of carbonyl (C=O) groups is 3. The number of thioether (sulfide) groups is 1. The smallest absolute Gasteiger partial charge is 0.344 e. The van der Waals surface area contributed by atoms with Crippen molar-refractivity contribution >= 4 is 63.2 Å². The lowest BCUT2D eigenvalue weighted by atomic mass is 10.1. The summed E-state index contributed by atoms with van der Waals surface area (Å²) in [4.78, 5) is 50.1. The summed E-state index contributed by atoms with van der Waals surface area (Å²) in [5, 5.41) is 10.8. The summed E-state index contributed by atoms with van der Waals surface area (Å²) in [6, 6.07) is 17.8. The Hall–Kier alpha value is -3.71. The number of nitro groups is 1. The molecule has 1 aliphatic heterocycles. The van der Waals surface area contributed by atoms with Gasteiger partial charge in [0.15, 0.2) is 11.5 Å². The van der Waals surface area contributed by atoms with E-state index in [0.29, 0.717) is 23.5 Å². The largest absolute Gasteiger partial charge is 0.490 e. The maximum atomic E-state index is 13.0. The molecule has 4 rings (SSSR count). The number of hydrogen-bond donors (Lipinski definition) is 0. The van der Waals surface area contributed by atoms with Crippen LogP contribution in [0.25, 0.3) is 6.08 Å². The quantitative estimate of drug-likeness (QED) is 0.0738. The van der Waals surface area contributed by atoms with Crippen molar-refractivity contribution in [1.29, 1.82) is 0 Å². The Balaban J connectivity index is 1.56. The molecule has 0 bridgehead atoms. The summed E-state index contributed by atoms with van der Waals surface area (Å²) < 4.78 is 12.0. The highest BCUT2D eigenvalue weighted by Crippen LogP contribution is 2.36. The molecule has 188 valence electrons. The first-order valence-corrected chi connectivity index (χ1v) is 12.9. The van der Waals surface area contributed by atoms with Crippen LogP contribution < -0.4 is 9.47 Å². The van der Waals surface area contributed by atoms with Crippen molar-refractivity contribution in [3.8, 4) is 11.5 Å². The number of rotatable bonds is 8. The molecule has 0 aliphatic carbocycles. The van der Waals surface area contributed by atoms with E-state index in [9.17, 15) is 24.5 Å². The number of imide groups is 1. The van der Waals surface area contributed by atoms with E-state index in [-0.39, 0.29) is 28.5 Å². The summed E-state index contributed by atoms with van der Waals surface area (Å²) in [5.41, 5.74) is 1.06. The number of halogens is 1. The van der Waals surface area contributed by atoms with Gasteiger partial charge in [-0.3, -0.25) is 24.6 Å². The van der Waals surface area contributed by atoms with Crippen LogP contribution in [0.15, 0.2) is 71.6 Å². The molecule has 0 spiro atoms. The van der Waals surface area contributed by atoms with Crippen molar-refractivity contribution in [1.82, 2.24) is 4.90 Å². The number of nitrogens with zero attached hydrogens (tertiary/aromatic N) is 2. The molecule has 9 nitrogen and oxygen atoms in total. The predicted molar refractivity (Wildman–Crippen MR) is 146 cm³/mol. The number of ether oxygens (including phenoxy) is 2. The van der Waals surface area contributed by atoms with Crippen LogP contribution in [-0.4, -0.2) is 33.5 Å². The van der Waals surface area contributed by atoms with E-state index in [1.165, 1.54) is 24.3 Å². The molecule has 1 saturated heterocycles. The van der Waals surface area contributed by atoms with Crippen molar-refractivity contribution in [2.24, 2.45) is 0 Å². The van der Waals surface area contributed by atoms with Crippen molar-refractivity contribution in [3.63, 3.8) is 0 Å². The second kappa shape index (κ2) is 11.6. The maximum Gasteiger partial charge on any atom is 0.344 e. The molecule has 0 unspecified atom stereocenters. The molecule has 0 saturated carbocycles. The molecule has 0 atom stereocenters. The Labute approximate surface area is 229 Å². The number of para-hydroxylation sites is 1. The lowest BCUT2D eigenvalue weighted by Gasteiger charge is -2.13. The van der Waals surface area contributed by atoms with Gasteiger partial charge in [0.1, 0.15) is 0 Å². The first kappa shape index (κ1) is 26.4. The number of esters is 1. The highest BCUT2D eigenvalue weighted by Gasteiger charge is 2.36. The van der Waals surface area contributed by atoms with E-state index < -0.39 is 22.0 Å². The number of benzene rings is 3. The molecule has 1 fully saturated rings. The van der Waals surface area contributed by atoms with E-state index in [2.05, 4.69) is 22.6 Å². The normalized spacial score (nSPS) is 14.2. The molecular formula is C26H19IN2O7S. The molecule has 3 aromatic rings. The van der Waals surface area contributed by atoms with E-state index in [0.717, 1.165) is 20.2 Å². The zero-order chi connectivity index (χ0) is 26.5. The second-order valence-electron chi connectivity index (χ2n) is 7.66. The van der Waals surface area contributed by atoms with E-state index >= 15 is 0 Å². The highest BCUT2D eigenvalue weighted by molar-refractivity contribution is 14.1. The van der Waals surface area contributed by atoms with E-state index in [1.54, 1.807) is 49.4 Å². The lowest BCUT2D eigenvalue weighted by Crippen LogP contribution is -2.27. The van der Waals surface area contributed by atoms with Crippen LogP contribution in [0.4, 0.5) is 10.5 Å². The van der Waals surface area contributed by atoms with Gasteiger partial charge in [-0.2, -0.15) is 0 Å². The van der Waals surface area contributed by atoms with Crippen LogP contribution in [0.1, 0.15) is 28.4 Å². The fourth-order valence-corrected chi connectivity index (χ4v) is 4.98. The summed E-state index contributed by atoms with van der Waals surface area (Å²) in [6.07, 6.45) is 1.53. The van der Waals surface area contributed by atoms with Gasteiger partial charge >= 0.3 is 5.97 Å². The minimum atomic E-state index is -0.555. The van der Waals surface area contributed by atoms with Crippen molar-refractivity contribution in [3.05, 3.63) is 102 Å². The average Bonchev–Trinajstić information content (AvgIpc) is 3.13. The Kier molecular flexibility index (Phi) is 8.24. The van der Waals surface area contributed by atoms with Crippen LogP contribution in [-0.2, 0) is 11.3 Å². The third kappa shape index (κ3) is 6.00. The van der Waals surface area contributed by atoms with Gasteiger partial charge in [0.2, 0.25) is 0 Å². The van der Waals surface area contributed by atoms with Crippen LogP contribution >= 0.6 is 34.4 Å². The van der Waals surface area contributed by atoms with Crippen LogP contribution in [0.5, 0.6) is 11.5 Å². The van der Waals surface area contributed by atoms with Gasteiger partial charge in [0.05, 0.1) is 28.5 Å².